The van der Waals surface area contributed by atoms with Crippen LogP contribution in [0.1, 0.15) is 16.7 Å². The smallest absolute Gasteiger partial charge is 0.420 e. The van der Waals surface area contributed by atoms with E-state index in [0.29, 0.717) is 22.5 Å². The Labute approximate surface area is 196 Å². The van der Waals surface area contributed by atoms with Crippen molar-refractivity contribution in [2.75, 3.05) is 0 Å². The predicted octanol–water partition coefficient (Wildman–Crippen LogP) is 5.34. The van der Waals surface area contributed by atoms with Crippen LogP contribution in [0.3, 0.4) is 0 Å². The van der Waals surface area contributed by atoms with Crippen molar-refractivity contribution in [3.8, 4) is 40.0 Å². The summed E-state index contributed by atoms with van der Waals surface area (Å²) >= 11 is 0. The van der Waals surface area contributed by atoms with Crippen molar-refractivity contribution >= 4 is 11.1 Å². The molecule has 0 saturated heterocycles. The maximum atomic E-state index is 13.6. The summed E-state index contributed by atoms with van der Waals surface area (Å²) < 4.78 is 48.1. The van der Waals surface area contributed by atoms with Crippen LogP contribution in [0, 0.1) is 11.3 Å². The number of halogens is 3. The Bertz CT molecular complexity index is 1610. The summed E-state index contributed by atoms with van der Waals surface area (Å²) in [7, 11) is 1.78. The van der Waals surface area contributed by atoms with E-state index < -0.39 is 23.9 Å². The largest absolute Gasteiger partial charge is 0.435 e. The fraction of sp³-hybridized carbons (Fsp3) is 0.120. The number of hydrogen-bond donors (Lipinski definition) is 1. The number of aryl methyl sites for hydroxylation is 1. The van der Waals surface area contributed by atoms with Gasteiger partial charge in [0, 0.05) is 18.2 Å². The highest BCUT2D eigenvalue weighted by molar-refractivity contribution is 5.85. The number of nitriles is 1. The summed E-state index contributed by atoms with van der Waals surface area (Å²) in [4.78, 5) is 4.27. The van der Waals surface area contributed by atoms with E-state index in [0.717, 1.165) is 17.2 Å². The molecule has 35 heavy (non-hydrogen) atoms. The molecule has 2 aromatic heterocycles. The summed E-state index contributed by atoms with van der Waals surface area (Å²) in [5.41, 5.74) is 1.75. The first-order chi connectivity index (χ1) is 16.8. The van der Waals surface area contributed by atoms with E-state index in [4.69, 9.17) is 4.42 Å². The molecule has 0 aliphatic heterocycles. The lowest BCUT2D eigenvalue weighted by Crippen LogP contribution is -2.06. The van der Waals surface area contributed by atoms with Gasteiger partial charge >= 0.3 is 6.18 Å². The van der Waals surface area contributed by atoms with Crippen LogP contribution >= 0.6 is 0 Å². The number of oxazole rings is 1. The minimum atomic E-state index is -4.67. The van der Waals surface area contributed by atoms with Crippen molar-refractivity contribution in [1.29, 1.82) is 5.26 Å². The lowest BCUT2D eigenvalue weighted by Gasteiger charge is -2.11. The molecule has 0 aliphatic rings. The third-order valence-electron chi connectivity index (χ3n) is 5.56. The van der Waals surface area contributed by atoms with E-state index in [2.05, 4.69) is 21.3 Å². The fourth-order valence-corrected chi connectivity index (χ4v) is 3.91. The van der Waals surface area contributed by atoms with Crippen molar-refractivity contribution in [1.82, 2.24) is 19.7 Å². The number of aliphatic hydroxyl groups is 1. The Morgan fingerprint density at radius 2 is 1.86 bits per heavy atom. The molecule has 5 rings (SSSR count). The highest BCUT2D eigenvalue weighted by atomic mass is 19.4. The maximum Gasteiger partial charge on any atom is 0.420 e. The van der Waals surface area contributed by atoms with E-state index in [1.54, 1.807) is 54.3 Å². The quantitative estimate of drug-likeness (QED) is 0.377. The van der Waals surface area contributed by atoms with Crippen LogP contribution in [0.25, 0.3) is 45.1 Å². The molecule has 0 atom stereocenters. The van der Waals surface area contributed by atoms with Gasteiger partial charge in [-0.25, -0.2) is 4.98 Å². The molecule has 7 nitrogen and oxygen atoms in total. The van der Waals surface area contributed by atoms with Gasteiger partial charge in [-0.3, -0.25) is 0 Å². The van der Waals surface area contributed by atoms with Gasteiger partial charge in [-0.05, 0) is 53.1 Å². The second kappa shape index (κ2) is 8.38. The van der Waals surface area contributed by atoms with Gasteiger partial charge in [0.05, 0.1) is 18.2 Å². The average molecular weight is 475 g/mol. The van der Waals surface area contributed by atoms with Crippen molar-refractivity contribution in [2.45, 2.75) is 12.8 Å². The average Bonchev–Trinajstić information content (AvgIpc) is 3.48. The second-order valence-corrected chi connectivity index (χ2v) is 7.88. The second-order valence-electron chi connectivity index (χ2n) is 7.88. The third kappa shape index (κ3) is 4.02. The molecule has 0 amide bonds. The van der Waals surface area contributed by atoms with Crippen LogP contribution in [-0.2, 0) is 19.8 Å². The number of aliphatic hydroxyl groups excluding tert-OH is 1. The summed E-state index contributed by atoms with van der Waals surface area (Å²) in [6.45, 7) is -0.555. The third-order valence-corrected chi connectivity index (χ3v) is 5.56. The zero-order valence-electron chi connectivity index (χ0n) is 18.2. The maximum absolute atomic E-state index is 13.6. The minimum absolute atomic E-state index is 0.00225. The zero-order valence-corrected chi connectivity index (χ0v) is 18.2. The van der Waals surface area contributed by atoms with Gasteiger partial charge in [-0.2, -0.15) is 18.4 Å². The van der Waals surface area contributed by atoms with Crippen molar-refractivity contribution < 1.29 is 22.7 Å². The molecule has 0 spiro atoms. The van der Waals surface area contributed by atoms with E-state index in [1.165, 1.54) is 6.07 Å². The van der Waals surface area contributed by atoms with Gasteiger partial charge < -0.3 is 14.1 Å². The van der Waals surface area contributed by atoms with Crippen LogP contribution in [0.15, 0.2) is 65.3 Å². The summed E-state index contributed by atoms with van der Waals surface area (Å²) in [5, 5.41) is 26.8. The predicted molar refractivity (Wildman–Crippen MR) is 121 cm³/mol. The van der Waals surface area contributed by atoms with Gasteiger partial charge in [-0.15, -0.1) is 10.2 Å². The monoisotopic (exact) mass is 475 g/mol. The zero-order chi connectivity index (χ0) is 24.7. The molecule has 0 unspecified atom stereocenters. The Morgan fingerprint density at radius 3 is 2.54 bits per heavy atom. The molecule has 174 valence electrons. The molecule has 0 bridgehead atoms. The van der Waals surface area contributed by atoms with Crippen molar-refractivity contribution in [3.63, 3.8) is 0 Å². The number of nitrogens with zero attached hydrogens (tertiary/aromatic N) is 5. The molecule has 5 aromatic rings. The standard InChI is InChI=1S/C25H16F3N5O2/c1-33-13-30-32-23(33)19-7-14(11-29)5-6-18(19)16-3-2-4-17(10-16)24-31-21-9-15(12-34)8-20(22(21)35-24)25(26,27)28/h2-10,13,34H,12H2,1H3. The van der Waals surface area contributed by atoms with Crippen molar-refractivity contribution in [3.05, 3.63) is 77.6 Å². The minimum Gasteiger partial charge on any atom is -0.435 e. The summed E-state index contributed by atoms with van der Waals surface area (Å²) in [6, 6.07) is 16.5. The van der Waals surface area contributed by atoms with E-state index in [1.807, 2.05) is 6.07 Å². The highest BCUT2D eigenvalue weighted by Gasteiger charge is 2.35. The van der Waals surface area contributed by atoms with Crippen LogP contribution in [0.5, 0.6) is 0 Å². The topological polar surface area (TPSA) is 101 Å². The van der Waals surface area contributed by atoms with Crippen LogP contribution in [0.4, 0.5) is 13.2 Å². The van der Waals surface area contributed by atoms with Crippen molar-refractivity contribution in [2.24, 2.45) is 7.05 Å². The molecule has 0 saturated carbocycles. The van der Waals surface area contributed by atoms with Crippen LogP contribution in [0.2, 0.25) is 0 Å². The van der Waals surface area contributed by atoms with E-state index in [9.17, 15) is 23.5 Å². The Kier molecular flexibility index (Phi) is 5.34. The highest BCUT2D eigenvalue weighted by Crippen LogP contribution is 2.39. The lowest BCUT2D eigenvalue weighted by atomic mass is 9.96. The number of rotatable bonds is 4. The Balaban J connectivity index is 1.66. The Hall–Kier alpha value is -4.49. The number of fused-ring (bicyclic) bond motifs is 1. The first kappa shape index (κ1) is 22.3. The molecule has 0 radical (unpaired) electrons. The molecule has 0 fully saturated rings. The molecule has 0 aliphatic carbocycles. The van der Waals surface area contributed by atoms with Gasteiger partial charge in [0.25, 0.3) is 0 Å². The molecule has 1 N–H and O–H groups in total. The molecular formula is C25H16F3N5O2. The number of hydrogen-bond acceptors (Lipinski definition) is 6. The number of aromatic nitrogens is 4. The molecule has 10 heteroatoms. The molecule has 3 aromatic carbocycles. The van der Waals surface area contributed by atoms with Crippen LogP contribution in [-0.4, -0.2) is 24.9 Å². The van der Waals surface area contributed by atoms with Gasteiger partial charge in [0.2, 0.25) is 5.89 Å². The summed E-state index contributed by atoms with van der Waals surface area (Å²) in [5.74, 6) is 0.562. The summed E-state index contributed by atoms with van der Waals surface area (Å²) in [6.07, 6.45) is -3.12. The SMILES string of the molecule is Cn1cnnc1-c1cc(C#N)ccc1-c1cccc(-c2nc3cc(CO)cc(C(F)(F)F)c3o2)c1. The number of alkyl halides is 3. The fourth-order valence-electron chi connectivity index (χ4n) is 3.91. The molecule has 2 heterocycles. The normalized spacial score (nSPS) is 11.7. The Morgan fingerprint density at radius 1 is 1.06 bits per heavy atom. The number of benzene rings is 3. The first-order valence-corrected chi connectivity index (χ1v) is 10.4. The van der Waals surface area contributed by atoms with Crippen LogP contribution < -0.4 is 0 Å². The van der Waals surface area contributed by atoms with E-state index in [-0.39, 0.29) is 17.0 Å². The van der Waals surface area contributed by atoms with Gasteiger partial charge in [-0.1, -0.05) is 18.2 Å². The molecular weight excluding hydrogens is 459 g/mol. The van der Waals surface area contributed by atoms with Gasteiger partial charge in [0.15, 0.2) is 11.4 Å². The lowest BCUT2D eigenvalue weighted by molar-refractivity contribution is -0.136. The van der Waals surface area contributed by atoms with Gasteiger partial charge in [0.1, 0.15) is 17.4 Å². The first-order valence-electron chi connectivity index (χ1n) is 10.4. The van der Waals surface area contributed by atoms with E-state index >= 15 is 0 Å².